The van der Waals surface area contributed by atoms with Crippen molar-refractivity contribution < 1.29 is 14.4 Å². The number of hydrogen-bond acceptors (Lipinski definition) is 7. The SMILES string of the molecule is COc1cc(CN(CCN)Cc2ccncc2)c([N+](=O)[O-])cc1OC. The van der Waals surface area contributed by atoms with Crippen molar-refractivity contribution in [2.45, 2.75) is 13.1 Å². The zero-order valence-corrected chi connectivity index (χ0v) is 14.3. The molecule has 2 rings (SSSR count). The van der Waals surface area contributed by atoms with Gasteiger partial charge in [-0.1, -0.05) is 0 Å². The van der Waals surface area contributed by atoms with Crippen LogP contribution in [0.1, 0.15) is 11.1 Å². The average Bonchev–Trinajstić information content (AvgIpc) is 2.62. The third kappa shape index (κ3) is 4.88. The van der Waals surface area contributed by atoms with Gasteiger partial charge in [0.15, 0.2) is 11.5 Å². The molecule has 134 valence electrons. The van der Waals surface area contributed by atoms with Gasteiger partial charge in [0.05, 0.1) is 25.2 Å². The quantitative estimate of drug-likeness (QED) is 0.547. The summed E-state index contributed by atoms with van der Waals surface area (Å²) >= 11 is 0. The van der Waals surface area contributed by atoms with Gasteiger partial charge in [0.25, 0.3) is 5.69 Å². The summed E-state index contributed by atoms with van der Waals surface area (Å²) in [7, 11) is 2.95. The molecule has 0 aliphatic heterocycles. The van der Waals surface area contributed by atoms with Gasteiger partial charge >= 0.3 is 0 Å². The lowest BCUT2D eigenvalue weighted by Crippen LogP contribution is -2.29. The molecular weight excluding hydrogens is 324 g/mol. The lowest BCUT2D eigenvalue weighted by molar-refractivity contribution is -0.385. The Bertz CT molecular complexity index is 709. The first-order valence-electron chi connectivity index (χ1n) is 7.79. The molecule has 0 saturated carbocycles. The molecule has 8 nitrogen and oxygen atoms in total. The standard InChI is InChI=1S/C17H22N4O4/c1-24-16-9-14(15(21(22)23)10-17(16)25-2)12-20(8-5-18)11-13-3-6-19-7-4-13/h3-4,6-7,9-10H,5,8,11-12,18H2,1-2H3. The molecule has 8 heteroatoms. The highest BCUT2D eigenvalue weighted by Gasteiger charge is 2.21. The van der Waals surface area contributed by atoms with Crippen LogP contribution in [0, 0.1) is 10.1 Å². The Labute approximate surface area is 146 Å². The van der Waals surface area contributed by atoms with Gasteiger partial charge in [0.1, 0.15) is 0 Å². The van der Waals surface area contributed by atoms with Crippen LogP contribution in [-0.2, 0) is 13.1 Å². The third-order valence-electron chi connectivity index (χ3n) is 3.78. The van der Waals surface area contributed by atoms with Gasteiger partial charge in [-0.2, -0.15) is 0 Å². The molecule has 2 N–H and O–H groups in total. The number of nitrogens with two attached hydrogens (primary N) is 1. The van der Waals surface area contributed by atoms with Gasteiger partial charge in [0.2, 0.25) is 0 Å². The molecule has 2 aromatic rings. The molecule has 0 fully saturated rings. The van der Waals surface area contributed by atoms with Crippen LogP contribution >= 0.6 is 0 Å². The summed E-state index contributed by atoms with van der Waals surface area (Å²) in [5.74, 6) is 0.789. The minimum absolute atomic E-state index is 0.00519. The summed E-state index contributed by atoms with van der Waals surface area (Å²) < 4.78 is 10.4. The molecule has 25 heavy (non-hydrogen) atoms. The van der Waals surface area contributed by atoms with E-state index in [1.807, 2.05) is 17.0 Å². The van der Waals surface area contributed by atoms with Crippen LogP contribution in [0.2, 0.25) is 0 Å². The highest BCUT2D eigenvalue weighted by Crippen LogP contribution is 2.35. The first-order valence-corrected chi connectivity index (χ1v) is 7.79. The van der Waals surface area contributed by atoms with Crippen molar-refractivity contribution in [3.8, 4) is 11.5 Å². The molecule has 0 spiro atoms. The number of nitrogens with zero attached hydrogens (tertiary/aromatic N) is 3. The van der Waals surface area contributed by atoms with Crippen molar-refractivity contribution in [1.29, 1.82) is 0 Å². The van der Waals surface area contributed by atoms with E-state index < -0.39 is 4.92 Å². The van der Waals surface area contributed by atoms with Crippen LogP contribution in [0.25, 0.3) is 0 Å². The van der Waals surface area contributed by atoms with Gasteiger partial charge in [-0.3, -0.25) is 20.0 Å². The van der Waals surface area contributed by atoms with Crippen LogP contribution in [0.15, 0.2) is 36.7 Å². The van der Waals surface area contributed by atoms with E-state index in [4.69, 9.17) is 15.2 Å². The predicted molar refractivity (Wildman–Crippen MR) is 93.6 cm³/mol. The third-order valence-corrected chi connectivity index (χ3v) is 3.78. The Morgan fingerprint density at radius 1 is 1.16 bits per heavy atom. The van der Waals surface area contributed by atoms with Crippen LogP contribution < -0.4 is 15.2 Å². The maximum Gasteiger partial charge on any atom is 0.277 e. The Morgan fingerprint density at radius 2 is 1.80 bits per heavy atom. The van der Waals surface area contributed by atoms with Crippen molar-refractivity contribution >= 4 is 5.69 Å². The number of aromatic nitrogens is 1. The van der Waals surface area contributed by atoms with Gasteiger partial charge in [-0.05, 0) is 23.8 Å². The fourth-order valence-corrected chi connectivity index (χ4v) is 2.59. The van der Waals surface area contributed by atoms with Crippen molar-refractivity contribution in [3.63, 3.8) is 0 Å². The van der Waals surface area contributed by atoms with E-state index in [-0.39, 0.29) is 5.69 Å². The maximum atomic E-state index is 11.4. The highest BCUT2D eigenvalue weighted by atomic mass is 16.6. The summed E-state index contributed by atoms with van der Waals surface area (Å²) in [6.45, 7) is 2.04. The van der Waals surface area contributed by atoms with E-state index in [2.05, 4.69) is 4.98 Å². The molecule has 0 bridgehead atoms. The zero-order chi connectivity index (χ0) is 18.2. The van der Waals surface area contributed by atoms with Crippen molar-refractivity contribution in [2.24, 2.45) is 5.73 Å². The Hall–Kier alpha value is -2.71. The van der Waals surface area contributed by atoms with E-state index in [9.17, 15) is 10.1 Å². The molecule has 0 atom stereocenters. The predicted octanol–water partition coefficient (Wildman–Crippen LogP) is 1.97. The monoisotopic (exact) mass is 346 g/mol. The molecular formula is C17H22N4O4. The molecule has 1 aromatic heterocycles. The molecule has 1 aromatic carbocycles. The first-order chi connectivity index (χ1) is 12.1. The van der Waals surface area contributed by atoms with Crippen LogP contribution in [0.5, 0.6) is 11.5 Å². The maximum absolute atomic E-state index is 11.4. The lowest BCUT2D eigenvalue weighted by Gasteiger charge is -2.22. The number of nitro groups is 1. The molecule has 0 aliphatic rings. The number of ether oxygens (including phenoxy) is 2. The van der Waals surface area contributed by atoms with Gasteiger partial charge < -0.3 is 15.2 Å². The first kappa shape index (κ1) is 18.6. The fraction of sp³-hybridized carbons (Fsp3) is 0.353. The number of pyridine rings is 1. The average molecular weight is 346 g/mol. The summed E-state index contributed by atoms with van der Waals surface area (Å²) in [6, 6.07) is 6.85. The molecule has 0 aliphatic carbocycles. The van der Waals surface area contributed by atoms with E-state index in [1.165, 1.54) is 20.3 Å². The van der Waals surface area contributed by atoms with E-state index in [0.717, 1.165) is 5.56 Å². The van der Waals surface area contributed by atoms with E-state index in [1.54, 1.807) is 18.5 Å². The van der Waals surface area contributed by atoms with Crippen molar-refractivity contribution in [1.82, 2.24) is 9.88 Å². The number of nitro benzene ring substituents is 1. The Morgan fingerprint density at radius 3 is 2.36 bits per heavy atom. The van der Waals surface area contributed by atoms with Crippen LogP contribution in [-0.4, -0.2) is 42.1 Å². The van der Waals surface area contributed by atoms with E-state index in [0.29, 0.717) is 43.2 Å². The van der Waals surface area contributed by atoms with Crippen LogP contribution in [0.3, 0.4) is 0 Å². The normalized spacial score (nSPS) is 10.7. The molecule has 0 saturated heterocycles. The summed E-state index contributed by atoms with van der Waals surface area (Å²) in [5.41, 5.74) is 7.31. The molecule has 1 heterocycles. The number of benzene rings is 1. The van der Waals surface area contributed by atoms with Gasteiger partial charge in [-0.15, -0.1) is 0 Å². The minimum atomic E-state index is -0.412. The van der Waals surface area contributed by atoms with Gasteiger partial charge in [-0.25, -0.2) is 0 Å². The van der Waals surface area contributed by atoms with Crippen molar-refractivity contribution in [2.75, 3.05) is 27.3 Å². The topological polar surface area (TPSA) is 104 Å². The number of rotatable bonds is 9. The number of hydrogen-bond donors (Lipinski definition) is 1. The zero-order valence-electron chi connectivity index (χ0n) is 14.3. The van der Waals surface area contributed by atoms with E-state index >= 15 is 0 Å². The smallest absolute Gasteiger partial charge is 0.277 e. The summed E-state index contributed by atoms with van der Waals surface area (Å²) in [5, 5.41) is 11.4. The molecule has 0 radical (unpaired) electrons. The largest absolute Gasteiger partial charge is 0.493 e. The second-order valence-electron chi connectivity index (χ2n) is 5.45. The van der Waals surface area contributed by atoms with Gasteiger partial charge in [0, 0.05) is 44.1 Å². The van der Waals surface area contributed by atoms with Crippen molar-refractivity contribution in [3.05, 3.63) is 57.9 Å². The lowest BCUT2D eigenvalue weighted by atomic mass is 10.1. The second-order valence-corrected chi connectivity index (χ2v) is 5.45. The Balaban J connectivity index is 2.32. The fourth-order valence-electron chi connectivity index (χ4n) is 2.59. The Kier molecular flexibility index (Phi) is 6.67. The summed E-state index contributed by atoms with van der Waals surface area (Å²) in [6.07, 6.45) is 3.43. The number of methoxy groups -OCH3 is 2. The minimum Gasteiger partial charge on any atom is -0.493 e. The second kappa shape index (κ2) is 8.95. The molecule has 0 unspecified atom stereocenters. The molecule has 0 amide bonds. The highest BCUT2D eigenvalue weighted by molar-refractivity contribution is 5.54. The van der Waals surface area contributed by atoms with Crippen LogP contribution in [0.4, 0.5) is 5.69 Å². The summed E-state index contributed by atoms with van der Waals surface area (Å²) in [4.78, 5) is 17.1.